The first-order chi connectivity index (χ1) is 13.8. The summed E-state index contributed by atoms with van der Waals surface area (Å²) in [6.45, 7) is 8.77. The van der Waals surface area contributed by atoms with Crippen LogP contribution in [0.1, 0.15) is 33.6 Å². The minimum Gasteiger partial charge on any atom is -0.352 e. The maximum absolute atomic E-state index is 13.0. The second kappa shape index (κ2) is 9.24. The molecule has 1 heterocycles. The number of benzene rings is 2. The molecule has 1 fully saturated rings. The highest BCUT2D eigenvalue weighted by molar-refractivity contribution is 7.89. The Labute approximate surface area is 173 Å². The van der Waals surface area contributed by atoms with Gasteiger partial charge in [-0.1, -0.05) is 51.1 Å². The zero-order valence-corrected chi connectivity index (χ0v) is 18.2. The molecule has 2 aromatic rings. The fourth-order valence-corrected chi connectivity index (χ4v) is 5.13. The summed E-state index contributed by atoms with van der Waals surface area (Å²) >= 11 is 0. The van der Waals surface area contributed by atoms with Crippen LogP contribution in [0.15, 0.2) is 47.4 Å². The number of carbonyl (C=O) groups is 1. The minimum absolute atomic E-state index is 0.0942. The van der Waals surface area contributed by atoms with E-state index in [0.717, 1.165) is 43.2 Å². The topological polar surface area (TPSA) is 78.5 Å². The van der Waals surface area contributed by atoms with E-state index < -0.39 is 16.1 Å². The summed E-state index contributed by atoms with van der Waals surface area (Å²) in [6, 6.07) is 11.9. The highest BCUT2D eigenvalue weighted by atomic mass is 32.2. The van der Waals surface area contributed by atoms with Crippen molar-refractivity contribution < 1.29 is 13.2 Å². The Morgan fingerprint density at radius 2 is 1.76 bits per heavy atom. The molecule has 2 aromatic carbocycles. The highest BCUT2D eigenvalue weighted by Crippen LogP contribution is 2.20. The van der Waals surface area contributed by atoms with Gasteiger partial charge in [0, 0.05) is 19.1 Å². The van der Waals surface area contributed by atoms with E-state index in [4.69, 9.17) is 0 Å². The molecule has 1 aliphatic rings. The van der Waals surface area contributed by atoms with Gasteiger partial charge in [0.1, 0.15) is 6.04 Å². The first-order valence-corrected chi connectivity index (χ1v) is 11.8. The Hall–Kier alpha value is -1.96. The molecule has 0 bridgehead atoms. The summed E-state index contributed by atoms with van der Waals surface area (Å²) in [7, 11) is -3.81. The molecule has 2 N–H and O–H groups in total. The molecule has 158 valence electrons. The summed E-state index contributed by atoms with van der Waals surface area (Å²) in [5.74, 6) is -0.416. The third-order valence-corrected chi connectivity index (χ3v) is 7.08. The van der Waals surface area contributed by atoms with Crippen molar-refractivity contribution in [3.05, 3.63) is 42.5 Å². The Morgan fingerprint density at radius 1 is 1.10 bits per heavy atom. The van der Waals surface area contributed by atoms with Crippen LogP contribution >= 0.6 is 0 Å². The molecule has 29 heavy (non-hydrogen) atoms. The Morgan fingerprint density at radius 3 is 2.38 bits per heavy atom. The van der Waals surface area contributed by atoms with Crippen LogP contribution in [0.4, 0.5) is 0 Å². The van der Waals surface area contributed by atoms with Crippen LogP contribution in [-0.4, -0.2) is 50.9 Å². The molecule has 0 spiro atoms. The van der Waals surface area contributed by atoms with E-state index in [1.165, 1.54) is 0 Å². The summed E-state index contributed by atoms with van der Waals surface area (Å²) in [5, 5.41) is 4.88. The molecule has 3 rings (SSSR count). The molecule has 0 aromatic heterocycles. The number of hydrogen-bond acceptors (Lipinski definition) is 4. The quantitative estimate of drug-likeness (QED) is 0.726. The van der Waals surface area contributed by atoms with Crippen LogP contribution in [0.3, 0.4) is 0 Å². The van der Waals surface area contributed by atoms with Crippen molar-refractivity contribution in [3.8, 4) is 0 Å². The molecule has 1 aliphatic heterocycles. The molecular formula is C22H31N3O3S. The SMILES string of the molecule is CCN1CCC(NC(=O)[C@@H](NS(=O)(=O)c2ccc3ccccc3c2)C(C)C)CC1. The van der Waals surface area contributed by atoms with Crippen LogP contribution in [0, 0.1) is 5.92 Å². The van der Waals surface area contributed by atoms with Crippen LogP contribution in [0.5, 0.6) is 0 Å². The standard InChI is InChI=1S/C22H31N3O3S/c1-4-25-13-11-19(12-14-25)23-22(26)21(16(2)3)24-29(27,28)20-10-9-17-7-5-6-8-18(17)15-20/h5-10,15-16,19,21,24H,4,11-14H2,1-3H3,(H,23,26)/t21-/m0/s1. The van der Waals surface area contributed by atoms with E-state index >= 15 is 0 Å². The van der Waals surface area contributed by atoms with E-state index in [1.54, 1.807) is 18.2 Å². The largest absolute Gasteiger partial charge is 0.352 e. The van der Waals surface area contributed by atoms with E-state index in [2.05, 4.69) is 21.9 Å². The summed E-state index contributed by atoms with van der Waals surface area (Å²) in [6.07, 6.45) is 1.78. The molecule has 0 saturated carbocycles. The van der Waals surface area contributed by atoms with Crippen molar-refractivity contribution in [1.29, 1.82) is 0 Å². The van der Waals surface area contributed by atoms with Gasteiger partial charge >= 0.3 is 0 Å². The number of fused-ring (bicyclic) bond motifs is 1. The van der Waals surface area contributed by atoms with Gasteiger partial charge in [-0.3, -0.25) is 4.79 Å². The van der Waals surface area contributed by atoms with Crippen LogP contribution in [0.25, 0.3) is 10.8 Å². The van der Waals surface area contributed by atoms with Gasteiger partial charge in [-0.15, -0.1) is 0 Å². The van der Waals surface area contributed by atoms with Crippen LogP contribution in [-0.2, 0) is 14.8 Å². The zero-order valence-electron chi connectivity index (χ0n) is 17.4. The van der Waals surface area contributed by atoms with Crippen molar-refractivity contribution in [2.75, 3.05) is 19.6 Å². The predicted octanol–water partition coefficient (Wildman–Crippen LogP) is 2.74. The fourth-order valence-electron chi connectivity index (χ4n) is 3.75. The van der Waals surface area contributed by atoms with Crippen molar-refractivity contribution >= 4 is 26.7 Å². The summed E-state index contributed by atoms with van der Waals surface area (Å²) < 4.78 is 28.6. The van der Waals surface area contributed by atoms with E-state index in [0.29, 0.717) is 0 Å². The Balaban J connectivity index is 1.72. The normalized spacial score (nSPS) is 17.5. The number of piperidine rings is 1. The lowest BCUT2D eigenvalue weighted by atomic mass is 10.0. The lowest BCUT2D eigenvalue weighted by molar-refractivity contribution is -0.124. The van der Waals surface area contributed by atoms with Gasteiger partial charge in [0.15, 0.2) is 0 Å². The molecular weight excluding hydrogens is 386 g/mol. The Kier molecular flexibility index (Phi) is 6.93. The summed E-state index contributed by atoms with van der Waals surface area (Å²) in [4.78, 5) is 15.4. The average Bonchev–Trinajstić information content (AvgIpc) is 2.72. The number of sulfonamides is 1. The smallest absolute Gasteiger partial charge is 0.241 e. The first kappa shape index (κ1) is 21.7. The maximum atomic E-state index is 13.0. The Bertz CT molecular complexity index is 951. The van der Waals surface area contributed by atoms with Crippen molar-refractivity contribution in [1.82, 2.24) is 14.9 Å². The third-order valence-electron chi connectivity index (χ3n) is 5.64. The zero-order chi connectivity index (χ0) is 21.0. The molecule has 1 atom stereocenters. The first-order valence-electron chi connectivity index (χ1n) is 10.3. The average molecular weight is 418 g/mol. The second-order valence-electron chi connectivity index (χ2n) is 8.07. The van der Waals surface area contributed by atoms with Gasteiger partial charge in [-0.2, -0.15) is 4.72 Å². The number of likely N-dealkylation sites (tertiary alicyclic amines) is 1. The number of amides is 1. The van der Waals surface area contributed by atoms with E-state index in [-0.39, 0.29) is 22.8 Å². The molecule has 1 saturated heterocycles. The van der Waals surface area contributed by atoms with Gasteiger partial charge in [-0.25, -0.2) is 8.42 Å². The van der Waals surface area contributed by atoms with Gasteiger partial charge in [-0.05, 0) is 48.2 Å². The van der Waals surface area contributed by atoms with Gasteiger partial charge in [0.2, 0.25) is 15.9 Å². The van der Waals surface area contributed by atoms with Crippen molar-refractivity contribution in [3.63, 3.8) is 0 Å². The molecule has 1 amide bonds. The minimum atomic E-state index is -3.81. The van der Waals surface area contributed by atoms with Crippen LogP contribution in [0.2, 0.25) is 0 Å². The number of rotatable bonds is 7. The molecule has 0 radical (unpaired) electrons. The monoisotopic (exact) mass is 417 g/mol. The van der Waals surface area contributed by atoms with Crippen molar-refractivity contribution in [2.45, 2.75) is 50.6 Å². The van der Waals surface area contributed by atoms with E-state index in [9.17, 15) is 13.2 Å². The second-order valence-corrected chi connectivity index (χ2v) is 9.78. The highest BCUT2D eigenvalue weighted by Gasteiger charge is 2.30. The van der Waals surface area contributed by atoms with E-state index in [1.807, 2.05) is 38.1 Å². The van der Waals surface area contributed by atoms with Crippen LogP contribution < -0.4 is 10.0 Å². The maximum Gasteiger partial charge on any atom is 0.241 e. The molecule has 6 nitrogen and oxygen atoms in total. The van der Waals surface area contributed by atoms with Gasteiger partial charge in [0.25, 0.3) is 0 Å². The fraction of sp³-hybridized carbons (Fsp3) is 0.500. The number of nitrogens with one attached hydrogen (secondary N) is 2. The lowest BCUT2D eigenvalue weighted by Crippen LogP contribution is -2.53. The number of carbonyl (C=O) groups excluding carboxylic acids is 1. The number of hydrogen-bond donors (Lipinski definition) is 2. The molecule has 0 aliphatic carbocycles. The third kappa shape index (κ3) is 5.35. The van der Waals surface area contributed by atoms with Gasteiger partial charge < -0.3 is 10.2 Å². The van der Waals surface area contributed by atoms with Crippen molar-refractivity contribution in [2.24, 2.45) is 5.92 Å². The summed E-state index contributed by atoms with van der Waals surface area (Å²) in [5.41, 5.74) is 0. The molecule has 7 heteroatoms. The predicted molar refractivity (Wildman–Crippen MR) is 116 cm³/mol. The van der Waals surface area contributed by atoms with Gasteiger partial charge in [0.05, 0.1) is 4.90 Å². The number of nitrogens with zero attached hydrogens (tertiary/aromatic N) is 1. The lowest BCUT2D eigenvalue weighted by Gasteiger charge is -2.32. The molecule has 0 unspecified atom stereocenters.